The van der Waals surface area contributed by atoms with Crippen LogP contribution < -0.4 is 5.32 Å². The molecule has 1 fully saturated rings. The van der Waals surface area contributed by atoms with Gasteiger partial charge in [-0.1, -0.05) is 6.92 Å². The van der Waals surface area contributed by atoms with Gasteiger partial charge in [0.15, 0.2) is 0 Å². The Labute approximate surface area is 120 Å². The number of likely N-dealkylation sites (N-methyl/N-ethyl adjacent to an activating group) is 1. The Hall–Kier alpha value is -1.69. The minimum Gasteiger partial charge on any atom is -0.369 e. The second-order valence-electron chi connectivity index (χ2n) is 5.05. The van der Waals surface area contributed by atoms with Gasteiger partial charge in [0.25, 0.3) is 5.91 Å². The third kappa shape index (κ3) is 3.25. The fourth-order valence-electron chi connectivity index (χ4n) is 2.52. The highest BCUT2D eigenvalue weighted by Gasteiger charge is 2.26. The summed E-state index contributed by atoms with van der Waals surface area (Å²) in [4.78, 5) is 25.1. The number of carbonyl (C=O) groups is 1. The molecule has 2 heterocycles. The van der Waals surface area contributed by atoms with Crippen molar-refractivity contribution in [2.75, 3.05) is 38.0 Å². The summed E-state index contributed by atoms with van der Waals surface area (Å²) in [6.45, 7) is 10.6. The lowest BCUT2D eigenvalue weighted by atomic mass is 10.2. The van der Waals surface area contributed by atoms with Crippen molar-refractivity contribution in [3.63, 3.8) is 0 Å². The van der Waals surface area contributed by atoms with Crippen LogP contribution in [0.2, 0.25) is 0 Å². The first-order valence-electron chi connectivity index (χ1n) is 7.25. The van der Waals surface area contributed by atoms with E-state index >= 15 is 0 Å². The number of piperazine rings is 1. The van der Waals surface area contributed by atoms with Crippen molar-refractivity contribution >= 4 is 11.7 Å². The van der Waals surface area contributed by atoms with Crippen LogP contribution in [0.5, 0.6) is 0 Å². The second kappa shape index (κ2) is 6.65. The molecule has 6 nitrogen and oxygen atoms in total. The summed E-state index contributed by atoms with van der Waals surface area (Å²) in [6, 6.07) is 0.395. The Kier molecular flexibility index (Phi) is 4.89. The molecule has 110 valence electrons. The number of amides is 1. The molecule has 0 aromatic carbocycles. The monoisotopic (exact) mass is 277 g/mol. The number of aromatic nitrogens is 2. The number of hydrogen-bond acceptors (Lipinski definition) is 5. The Balaban J connectivity index is 2.00. The summed E-state index contributed by atoms with van der Waals surface area (Å²) in [5, 5.41) is 3.07. The van der Waals surface area contributed by atoms with Gasteiger partial charge in [-0.15, -0.1) is 0 Å². The van der Waals surface area contributed by atoms with Crippen LogP contribution in [0.4, 0.5) is 5.82 Å². The maximum Gasteiger partial charge on any atom is 0.274 e. The third-order valence-electron chi connectivity index (χ3n) is 3.69. The smallest absolute Gasteiger partial charge is 0.274 e. The van der Waals surface area contributed by atoms with E-state index in [2.05, 4.69) is 34.0 Å². The Morgan fingerprint density at radius 3 is 2.70 bits per heavy atom. The highest BCUT2D eigenvalue weighted by Crippen LogP contribution is 2.12. The molecule has 0 bridgehead atoms. The lowest BCUT2D eigenvalue weighted by Crippen LogP contribution is -2.53. The lowest BCUT2D eigenvalue weighted by Gasteiger charge is -2.39. The van der Waals surface area contributed by atoms with Crippen LogP contribution in [0.1, 0.15) is 31.3 Å². The summed E-state index contributed by atoms with van der Waals surface area (Å²) >= 11 is 0. The molecule has 0 aliphatic carbocycles. The molecule has 1 aliphatic heterocycles. The first-order chi connectivity index (χ1) is 9.65. The molecule has 0 radical (unpaired) electrons. The molecule has 6 heteroatoms. The van der Waals surface area contributed by atoms with Crippen LogP contribution in [0.15, 0.2) is 12.4 Å². The molecule has 1 aromatic heterocycles. The maximum atomic E-state index is 12.4. The SMILES string of the molecule is CCNc1cnc(C(=O)N2CCN(CC)C(C)C2)cn1. The van der Waals surface area contributed by atoms with E-state index in [4.69, 9.17) is 0 Å². The summed E-state index contributed by atoms with van der Waals surface area (Å²) in [7, 11) is 0. The van der Waals surface area contributed by atoms with E-state index < -0.39 is 0 Å². The number of carbonyl (C=O) groups excluding carboxylic acids is 1. The van der Waals surface area contributed by atoms with Crippen LogP contribution in [0.25, 0.3) is 0 Å². The number of hydrogen-bond donors (Lipinski definition) is 1. The van der Waals surface area contributed by atoms with Crippen molar-refractivity contribution in [3.05, 3.63) is 18.1 Å². The lowest BCUT2D eigenvalue weighted by molar-refractivity contribution is 0.0522. The molecule has 1 saturated heterocycles. The Morgan fingerprint density at radius 1 is 1.35 bits per heavy atom. The van der Waals surface area contributed by atoms with E-state index in [-0.39, 0.29) is 5.91 Å². The third-order valence-corrected chi connectivity index (χ3v) is 3.69. The molecule has 20 heavy (non-hydrogen) atoms. The molecule has 0 spiro atoms. The van der Waals surface area contributed by atoms with Gasteiger partial charge in [0, 0.05) is 32.2 Å². The van der Waals surface area contributed by atoms with Gasteiger partial charge in [-0.2, -0.15) is 0 Å². The quantitative estimate of drug-likeness (QED) is 0.892. The molecule has 1 aliphatic rings. The first kappa shape index (κ1) is 14.7. The minimum atomic E-state index is -0.0249. The van der Waals surface area contributed by atoms with Gasteiger partial charge in [0.1, 0.15) is 11.5 Å². The largest absolute Gasteiger partial charge is 0.369 e. The van der Waals surface area contributed by atoms with Crippen LogP contribution in [0.3, 0.4) is 0 Å². The van der Waals surface area contributed by atoms with E-state index in [9.17, 15) is 4.79 Å². The minimum absolute atomic E-state index is 0.0249. The van der Waals surface area contributed by atoms with E-state index in [0.29, 0.717) is 17.6 Å². The van der Waals surface area contributed by atoms with Crippen molar-refractivity contribution in [2.24, 2.45) is 0 Å². The summed E-state index contributed by atoms with van der Waals surface area (Å²) in [6.07, 6.45) is 3.17. The number of anilines is 1. The molecule has 1 aromatic rings. The fraction of sp³-hybridized carbons (Fsp3) is 0.643. The van der Waals surface area contributed by atoms with E-state index in [1.54, 1.807) is 12.4 Å². The van der Waals surface area contributed by atoms with Gasteiger partial charge >= 0.3 is 0 Å². The fourth-order valence-corrected chi connectivity index (χ4v) is 2.52. The highest BCUT2D eigenvalue weighted by atomic mass is 16.2. The van der Waals surface area contributed by atoms with Crippen molar-refractivity contribution in [3.8, 4) is 0 Å². The van der Waals surface area contributed by atoms with Crippen LogP contribution in [-0.2, 0) is 0 Å². The van der Waals surface area contributed by atoms with Gasteiger partial charge in [0.2, 0.25) is 0 Å². The zero-order valence-electron chi connectivity index (χ0n) is 12.5. The zero-order chi connectivity index (χ0) is 14.5. The topological polar surface area (TPSA) is 61.4 Å². The average molecular weight is 277 g/mol. The van der Waals surface area contributed by atoms with Crippen LogP contribution >= 0.6 is 0 Å². The zero-order valence-corrected chi connectivity index (χ0v) is 12.5. The van der Waals surface area contributed by atoms with Crippen molar-refractivity contribution < 1.29 is 4.79 Å². The van der Waals surface area contributed by atoms with Crippen LogP contribution in [-0.4, -0.2) is 64.4 Å². The van der Waals surface area contributed by atoms with Crippen molar-refractivity contribution in [1.29, 1.82) is 0 Å². The molecule has 1 amide bonds. The predicted molar refractivity (Wildman–Crippen MR) is 78.8 cm³/mol. The maximum absolute atomic E-state index is 12.4. The molecular formula is C14H23N5O. The summed E-state index contributed by atoms with van der Waals surface area (Å²) in [5.74, 6) is 0.677. The standard InChI is InChI=1S/C14H23N5O/c1-4-15-13-9-16-12(8-17-13)14(20)19-7-6-18(5-2)11(3)10-19/h8-9,11H,4-7,10H2,1-3H3,(H,15,17). The van der Waals surface area contributed by atoms with Gasteiger partial charge in [0.05, 0.1) is 12.4 Å². The molecule has 2 rings (SSSR count). The second-order valence-corrected chi connectivity index (χ2v) is 5.05. The molecule has 1 N–H and O–H groups in total. The molecular weight excluding hydrogens is 254 g/mol. The van der Waals surface area contributed by atoms with E-state index in [0.717, 1.165) is 32.7 Å². The van der Waals surface area contributed by atoms with Gasteiger partial charge in [-0.25, -0.2) is 9.97 Å². The summed E-state index contributed by atoms with van der Waals surface area (Å²) in [5.41, 5.74) is 0.420. The number of rotatable bonds is 4. The normalized spacial score (nSPS) is 19.9. The number of nitrogens with one attached hydrogen (secondary N) is 1. The molecule has 0 saturated carbocycles. The Bertz CT molecular complexity index is 447. The average Bonchev–Trinajstić information content (AvgIpc) is 2.47. The predicted octanol–water partition coefficient (Wildman–Crippen LogP) is 1.07. The highest BCUT2D eigenvalue weighted by molar-refractivity contribution is 5.92. The van der Waals surface area contributed by atoms with Gasteiger partial charge in [-0.05, 0) is 20.4 Å². The summed E-state index contributed by atoms with van der Waals surface area (Å²) < 4.78 is 0. The van der Waals surface area contributed by atoms with Gasteiger partial charge in [-0.3, -0.25) is 9.69 Å². The van der Waals surface area contributed by atoms with Crippen molar-refractivity contribution in [1.82, 2.24) is 19.8 Å². The van der Waals surface area contributed by atoms with E-state index in [1.165, 1.54) is 0 Å². The molecule has 1 unspecified atom stereocenters. The van der Waals surface area contributed by atoms with Crippen molar-refractivity contribution in [2.45, 2.75) is 26.8 Å². The molecule has 1 atom stereocenters. The van der Waals surface area contributed by atoms with E-state index in [1.807, 2.05) is 11.8 Å². The number of nitrogens with zero attached hydrogens (tertiary/aromatic N) is 4. The Morgan fingerprint density at radius 2 is 2.15 bits per heavy atom. The van der Waals surface area contributed by atoms with Crippen LogP contribution in [0, 0.1) is 0 Å². The van der Waals surface area contributed by atoms with Gasteiger partial charge < -0.3 is 10.2 Å². The first-order valence-corrected chi connectivity index (χ1v) is 7.25.